The highest BCUT2D eigenvalue weighted by Crippen LogP contribution is 2.63. The molecule has 4 fully saturated rings. The predicted octanol–water partition coefficient (Wildman–Crippen LogP) is 10.7. The number of hydrogen-bond acceptors (Lipinski definition) is 6. The van der Waals surface area contributed by atoms with Crippen molar-refractivity contribution in [1.29, 1.82) is 0 Å². The Kier molecular flexibility index (Phi) is 7.10. The van der Waals surface area contributed by atoms with E-state index in [2.05, 4.69) is 66.7 Å². The number of phenolic OH excluding ortho intramolecular Hbond substituents is 2. The summed E-state index contributed by atoms with van der Waals surface area (Å²) >= 11 is 0. The first-order valence-corrected chi connectivity index (χ1v) is 18.8. The minimum atomic E-state index is -0.611. The molecule has 5 aliphatic rings. The molecule has 0 unspecified atom stereocenters. The molecule has 264 valence electrons. The lowest BCUT2D eigenvalue weighted by Crippen LogP contribution is -2.48. The number of nitrogens with two attached hydrogens (primary N) is 2. The second kappa shape index (κ2) is 11.8. The number of fused-ring (bicyclic) bond motifs is 3. The molecular weight excluding hydrogens is 657 g/mol. The first-order valence-electron chi connectivity index (χ1n) is 18.8. The van der Waals surface area contributed by atoms with Crippen molar-refractivity contribution in [3.05, 3.63) is 155 Å². The lowest BCUT2D eigenvalue weighted by molar-refractivity contribution is -0.00522. The summed E-state index contributed by atoms with van der Waals surface area (Å²) in [6.07, 6.45) is 8.14. The molecule has 0 aromatic heterocycles. The summed E-state index contributed by atoms with van der Waals surface area (Å²) in [5, 5.41) is 20.4. The van der Waals surface area contributed by atoms with Crippen LogP contribution in [0.3, 0.4) is 0 Å². The van der Waals surface area contributed by atoms with Crippen LogP contribution in [0.1, 0.15) is 66.3 Å². The van der Waals surface area contributed by atoms with Crippen LogP contribution in [0.4, 0.5) is 11.4 Å². The van der Waals surface area contributed by atoms with Gasteiger partial charge in [0.1, 0.15) is 34.5 Å². The lowest BCUT2D eigenvalue weighted by Gasteiger charge is -2.57. The van der Waals surface area contributed by atoms with E-state index in [0.717, 1.165) is 28.9 Å². The van der Waals surface area contributed by atoms with Crippen LogP contribution in [0.25, 0.3) is 11.1 Å². The maximum atomic E-state index is 10.2. The van der Waals surface area contributed by atoms with Gasteiger partial charge in [0, 0.05) is 12.1 Å². The fourth-order valence-corrected chi connectivity index (χ4v) is 10.9. The number of hydrogen-bond donors (Lipinski definition) is 4. The zero-order valence-electron chi connectivity index (χ0n) is 29.5. The average Bonchev–Trinajstić information content (AvgIpc) is 3.45. The maximum Gasteiger partial charge on any atom is 0.142 e. The molecule has 4 saturated carbocycles. The molecule has 0 spiro atoms. The van der Waals surface area contributed by atoms with E-state index in [1.54, 1.807) is 24.3 Å². The number of aromatic hydroxyl groups is 2. The van der Waals surface area contributed by atoms with Crippen molar-refractivity contribution in [3.63, 3.8) is 0 Å². The summed E-state index contributed by atoms with van der Waals surface area (Å²) in [7, 11) is 0. The van der Waals surface area contributed by atoms with Gasteiger partial charge in [-0.3, -0.25) is 0 Å². The van der Waals surface area contributed by atoms with E-state index in [9.17, 15) is 10.2 Å². The molecule has 6 nitrogen and oxygen atoms in total. The Labute approximate surface area is 309 Å². The van der Waals surface area contributed by atoms with Crippen molar-refractivity contribution < 1.29 is 19.7 Å². The number of rotatable bonds is 7. The fraction of sp³-hybridized carbons (Fsp3) is 0.234. The Bertz CT molecular complexity index is 2250. The summed E-state index contributed by atoms with van der Waals surface area (Å²) < 4.78 is 12.4. The van der Waals surface area contributed by atoms with Crippen molar-refractivity contribution in [2.75, 3.05) is 11.5 Å². The van der Waals surface area contributed by atoms with Gasteiger partial charge in [-0.25, -0.2) is 0 Å². The third kappa shape index (κ3) is 5.07. The van der Waals surface area contributed by atoms with E-state index in [4.69, 9.17) is 20.9 Å². The van der Waals surface area contributed by atoms with Gasteiger partial charge in [-0.2, -0.15) is 0 Å². The van der Waals surface area contributed by atoms with Gasteiger partial charge in [-0.05, 0) is 149 Å². The van der Waals surface area contributed by atoms with Crippen LogP contribution < -0.4 is 20.9 Å². The Morgan fingerprint density at radius 2 is 0.925 bits per heavy atom. The highest BCUT2D eigenvalue weighted by molar-refractivity contribution is 5.86. The second-order valence-electron chi connectivity index (χ2n) is 15.9. The number of anilines is 2. The van der Waals surface area contributed by atoms with E-state index < -0.39 is 5.41 Å². The van der Waals surface area contributed by atoms with Crippen LogP contribution in [-0.4, -0.2) is 10.2 Å². The molecule has 6 heteroatoms. The fourth-order valence-electron chi connectivity index (χ4n) is 10.9. The second-order valence-corrected chi connectivity index (χ2v) is 15.9. The van der Waals surface area contributed by atoms with E-state index in [1.165, 1.54) is 78.5 Å². The lowest BCUT2D eigenvalue weighted by atomic mass is 9.48. The van der Waals surface area contributed by atoms with Gasteiger partial charge in [0.05, 0.1) is 16.8 Å². The molecule has 53 heavy (non-hydrogen) atoms. The summed E-state index contributed by atoms with van der Waals surface area (Å²) in [6, 6.07) is 42.9. The predicted molar refractivity (Wildman–Crippen MR) is 209 cm³/mol. The smallest absolute Gasteiger partial charge is 0.142 e. The van der Waals surface area contributed by atoms with Gasteiger partial charge in [0.15, 0.2) is 0 Å². The van der Waals surface area contributed by atoms with Crippen LogP contribution in [0, 0.1) is 17.8 Å². The molecular formula is C47H42N2O4. The largest absolute Gasteiger partial charge is 0.506 e. The first kappa shape index (κ1) is 31.8. The molecule has 4 bridgehead atoms. The van der Waals surface area contributed by atoms with Crippen LogP contribution in [0.2, 0.25) is 0 Å². The van der Waals surface area contributed by atoms with Gasteiger partial charge in [0.2, 0.25) is 0 Å². The summed E-state index contributed by atoms with van der Waals surface area (Å²) in [4.78, 5) is 0. The topological polar surface area (TPSA) is 111 Å². The van der Waals surface area contributed by atoms with Gasteiger partial charge in [0.25, 0.3) is 0 Å². The summed E-state index contributed by atoms with van der Waals surface area (Å²) in [6.45, 7) is 0. The van der Waals surface area contributed by atoms with Crippen molar-refractivity contribution in [3.8, 4) is 45.6 Å². The van der Waals surface area contributed by atoms with Crippen molar-refractivity contribution >= 4 is 11.4 Å². The SMILES string of the molecule is Nc1ccc(Oc2ccc(C3(c4ccc(Oc5ccc(N)c(O)c5)cc4)c4ccccc4-c4ccc(C56CC7CC(CC(C7)C5)C6)cc43)cc2)cc1O. The van der Waals surface area contributed by atoms with E-state index in [0.29, 0.717) is 34.4 Å². The molecule has 6 aromatic rings. The van der Waals surface area contributed by atoms with E-state index in [-0.39, 0.29) is 16.9 Å². The van der Waals surface area contributed by atoms with Gasteiger partial charge in [-0.15, -0.1) is 0 Å². The van der Waals surface area contributed by atoms with Crippen molar-refractivity contribution in [1.82, 2.24) is 0 Å². The third-order valence-electron chi connectivity index (χ3n) is 12.7. The minimum Gasteiger partial charge on any atom is -0.506 e. The Morgan fingerprint density at radius 1 is 0.472 bits per heavy atom. The van der Waals surface area contributed by atoms with E-state index >= 15 is 0 Å². The standard InChI is InChI=1S/C47H42N2O4/c48-42-17-14-36(23-44(42)50)52-34-10-5-31(6-11-34)47(32-7-12-35(13-8-32)53-37-15-18-43(49)45(51)24-37)40-4-2-1-3-38(40)39-16-9-33(22-41(39)47)46-25-28-19-29(26-46)21-30(20-28)27-46/h1-18,22-24,28-30,50-51H,19-21,25-27,48-49H2. The number of phenols is 2. The van der Waals surface area contributed by atoms with Crippen LogP contribution in [-0.2, 0) is 10.8 Å². The molecule has 0 atom stereocenters. The monoisotopic (exact) mass is 698 g/mol. The summed E-state index contributed by atoms with van der Waals surface area (Å²) in [5.74, 6) is 4.89. The number of ether oxygens (including phenoxy) is 2. The zero-order valence-corrected chi connectivity index (χ0v) is 29.5. The normalized spacial score (nSPS) is 23.0. The highest BCUT2D eigenvalue weighted by atomic mass is 16.5. The van der Waals surface area contributed by atoms with Crippen molar-refractivity contribution in [2.24, 2.45) is 17.8 Å². The maximum absolute atomic E-state index is 10.2. The quantitative estimate of drug-likeness (QED) is 0.0974. The molecule has 0 aliphatic heterocycles. The van der Waals surface area contributed by atoms with Crippen LogP contribution in [0.15, 0.2) is 127 Å². The summed E-state index contributed by atoms with van der Waals surface area (Å²) in [5.41, 5.74) is 20.8. The Hall–Kier alpha value is -5.88. The van der Waals surface area contributed by atoms with Gasteiger partial charge in [-0.1, -0.05) is 66.7 Å². The highest BCUT2D eigenvalue weighted by Gasteiger charge is 2.53. The van der Waals surface area contributed by atoms with E-state index in [1.807, 2.05) is 24.3 Å². The molecule has 6 N–H and O–H groups in total. The molecule has 0 radical (unpaired) electrons. The molecule has 11 rings (SSSR count). The van der Waals surface area contributed by atoms with Crippen LogP contribution >= 0.6 is 0 Å². The average molecular weight is 699 g/mol. The Balaban J connectivity index is 1.12. The van der Waals surface area contributed by atoms with Gasteiger partial charge < -0.3 is 31.2 Å². The van der Waals surface area contributed by atoms with Gasteiger partial charge >= 0.3 is 0 Å². The van der Waals surface area contributed by atoms with Crippen LogP contribution in [0.5, 0.6) is 34.5 Å². The molecule has 0 amide bonds. The minimum absolute atomic E-state index is 0.00677. The molecule has 5 aliphatic carbocycles. The van der Waals surface area contributed by atoms with Crippen molar-refractivity contribution in [2.45, 2.75) is 49.4 Å². The number of benzene rings is 6. The first-order chi connectivity index (χ1) is 25.8. The Morgan fingerprint density at radius 3 is 1.43 bits per heavy atom. The molecule has 0 heterocycles. The third-order valence-corrected chi connectivity index (χ3v) is 12.7. The number of nitrogen functional groups attached to an aromatic ring is 2. The zero-order chi connectivity index (χ0) is 35.9. The molecule has 0 saturated heterocycles. The molecule has 6 aromatic carbocycles.